The summed E-state index contributed by atoms with van der Waals surface area (Å²) in [4.78, 5) is 8.57. The molecule has 3 aromatic heterocycles. The molecular weight excluding hydrogens is 412 g/mol. The largest absolute Gasteiger partial charge is 0.438 e. The van der Waals surface area contributed by atoms with Gasteiger partial charge in [0.05, 0.1) is 29.8 Å². The maximum atomic E-state index is 12.7. The Bertz CT molecular complexity index is 1330. The normalized spacial score (nSPS) is 15.0. The van der Waals surface area contributed by atoms with Crippen LogP contribution in [0.25, 0.3) is 28.6 Å². The number of ether oxygens (including phenoxy) is 1. The maximum absolute atomic E-state index is 12.7. The number of H-pyrrole nitrogens is 1. The van der Waals surface area contributed by atoms with Gasteiger partial charge in [0.15, 0.2) is 17.5 Å². The molecule has 0 amide bonds. The third kappa shape index (κ3) is 3.16. The number of oxazole rings is 1. The monoisotopic (exact) mass is 430 g/mol. The number of aromatic amines is 1. The molecule has 0 atom stereocenters. The number of sulfonamides is 1. The Labute approximate surface area is 170 Å². The third-order valence-corrected chi connectivity index (χ3v) is 6.47. The summed E-state index contributed by atoms with van der Waals surface area (Å²) in [6.45, 7) is 4.91. The summed E-state index contributed by atoms with van der Waals surface area (Å²) in [7, 11) is -3.68. The van der Waals surface area contributed by atoms with E-state index in [1.54, 1.807) is 26.1 Å². The average molecular weight is 430 g/mol. The van der Waals surface area contributed by atoms with E-state index < -0.39 is 10.0 Å². The highest BCUT2D eigenvalue weighted by atomic mass is 32.2. The van der Waals surface area contributed by atoms with Crippen molar-refractivity contribution < 1.29 is 17.6 Å². The number of benzene rings is 1. The topological polar surface area (TPSA) is 154 Å². The van der Waals surface area contributed by atoms with E-state index in [1.807, 2.05) is 0 Å². The molecule has 2 N–H and O–H groups in total. The second-order valence-corrected chi connectivity index (χ2v) is 8.78. The molecule has 4 aromatic rings. The molecule has 13 heteroatoms. The van der Waals surface area contributed by atoms with Crippen molar-refractivity contribution in [3.63, 3.8) is 0 Å². The standard InChI is InChI=1S/C17H18N8O4S/c1-9-14(30(26,27)19-5-11-7-28-8-11)4-3-12-15(9)21-24-25(12)17-20-16(22-23-17)13-6-18-10(2)29-13/h3-4,6,11,19H,5,7-8H2,1-2H3,(H,20,22,23). The molecule has 0 radical (unpaired) electrons. The number of hydrogen-bond acceptors (Lipinski definition) is 9. The minimum atomic E-state index is -3.68. The van der Waals surface area contributed by atoms with Crippen LogP contribution in [0.3, 0.4) is 0 Å². The van der Waals surface area contributed by atoms with Gasteiger partial charge in [0.1, 0.15) is 5.52 Å². The molecule has 0 spiro atoms. The van der Waals surface area contributed by atoms with Gasteiger partial charge >= 0.3 is 0 Å². The minimum Gasteiger partial charge on any atom is -0.438 e. The Morgan fingerprint density at radius 2 is 2.13 bits per heavy atom. The fraction of sp³-hybridized carbons (Fsp3) is 0.353. The Morgan fingerprint density at radius 1 is 1.30 bits per heavy atom. The van der Waals surface area contributed by atoms with Crippen LogP contribution in [-0.2, 0) is 14.8 Å². The fourth-order valence-electron chi connectivity index (χ4n) is 3.18. The van der Waals surface area contributed by atoms with Gasteiger partial charge in [0.2, 0.25) is 10.0 Å². The number of aryl methyl sites for hydroxylation is 2. The van der Waals surface area contributed by atoms with E-state index in [2.05, 4.69) is 35.2 Å². The van der Waals surface area contributed by atoms with Gasteiger partial charge in [-0.1, -0.05) is 5.21 Å². The molecule has 30 heavy (non-hydrogen) atoms. The molecule has 0 bridgehead atoms. The predicted molar refractivity (Wildman–Crippen MR) is 103 cm³/mol. The summed E-state index contributed by atoms with van der Waals surface area (Å²) in [5, 5.41) is 15.2. The molecule has 0 aliphatic carbocycles. The lowest BCUT2D eigenvalue weighted by Gasteiger charge is -2.26. The first-order valence-electron chi connectivity index (χ1n) is 9.20. The van der Waals surface area contributed by atoms with Crippen LogP contribution in [0.15, 0.2) is 27.6 Å². The summed E-state index contributed by atoms with van der Waals surface area (Å²) < 4.78 is 40.0. The van der Waals surface area contributed by atoms with Crippen LogP contribution in [0, 0.1) is 19.8 Å². The van der Waals surface area contributed by atoms with E-state index in [0.717, 1.165) is 0 Å². The molecule has 1 aliphatic rings. The molecule has 1 saturated heterocycles. The van der Waals surface area contributed by atoms with Crippen molar-refractivity contribution in [1.29, 1.82) is 0 Å². The average Bonchev–Trinajstić information content (AvgIpc) is 3.38. The number of nitrogens with one attached hydrogen (secondary N) is 2. The smallest absolute Gasteiger partial charge is 0.271 e. The van der Waals surface area contributed by atoms with Gasteiger partial charge < -0.3 is 9.15 Å². The zero-order chi connectivity index (χ0) is 20.9. The van der Waals surface area contributed by atoms with Crippen molar-refractivity contribution in [3.05, 3.63) is 29.8 Å². The van der Waals surface area contributed by atoms with Crippen LogP contribution in [0.1, 0.15) is 11.5 Å². The van der Waals surface area contributed by atoms with Crippen LogP contribution in [0.4, 0.5) is 0 Å². The second kappa shape index (κ2) is 6.97. The lowest BCUT2D eigenvalue weighted by Crippen LogP contribution is -2.39. The lowest BCUT2D eigenvalue weighted by molar-refractivity contribution is -0.0283. The SMILES string of the molecule is Cc1ncc(-c2nc(-n3nnc4c(C)c(S(=O)(=O)NCC5COC5)ccc43)n[nH]2)o1. The first-order valence-corrected chi connectivity index (χ1v) is 10.7. The Hall–Kier alpha value is -3.16. The first-order chi connectivity index (χ1) is 14.4. The summed E-state index contributed by atoms with van der Waals surface area (Å²) in [6.07, 6.45) is 1.54. The number of aromatic nitrogens is 7. The molecular formula is C17H18N8O4S. The minimum absolute atomic E-state index is 0.162. The van der Waals surface area contributed by atoms with Crippen molar-refractivity contribution in [2.45, 2.75) is 18.7 Å². The van der Waals surface area contributed by atoms with Crippen LogP contribution in [-0.4, -0.2) is 63.3 Å². The Kier molecular flexibility index (Phi) is 4.38. The number of nitrogens with zero attached hydrogens (tertiary/aromatic N) is 6. The molecule has 0 saturated carbocycles. The number of fused-ring (bicyclic) bond motifs is 1. The highest BCUT2D eigenvalue weighted by Gasteiger charge is 2.25. The number of hydrogen-bond donors (Lipinski definition) is 2. The molecule has 156 valence electrons. The molecule has 0 unspecified atom stereocenters. The van der Waals surface area contributed by atoms with Crippen molar-refractivity contribution in [3.8, 4) is 17.5 Å². The van der Waals surface area contributed by atoms with E-state index >= 15 is 0 Å². The van der Waals surface area contributed by atoms with Crippen molar-refractivity contribution in [2.24, 2.45) is 5.92 Å². The van der Waals surface area contributed by atoms with E-state index in [9.17, 15) is 8.42 Å². The summed E-state index contributed by atoms with van der Waals surface area (Å²) in [5.41, 5.74) is 1.53. The first kappa shape index (κ1) is 18.8. The summed E-state index contributed by atoms with van der Waals surface area (Å²) >= 11 is 0. The maximum Gasteiger partial charge on any atom is 0.271 e. The van der Waals surface area contributed by atoms with Crippen molar-refractivity contribution in [1.82, 2.24) is 39.9 Å². The molecule has 1 fully saturated rings. The van der Waals surface area contributed by atoms with Gasteiger partial charge in [-0.05, 0) is 24.6 Å². The zero-order valence-corrected chi connectivity index (χ0v) is 17.0. The molecule has 4 heterocycles. The van der Waals surface area contributed by atoms with Crippen molar-refractivity contribution >= 4 is 21.1 Å². The molecule has 5 rings (SSSR count). The third-order valence-electron chi connectivity index (χ3n) is 4.90. The van der Waals surface area contributed by atoms with Gasteiger partial charge in [0.25, 0.3) is 5.95 Å². The second-order valence-electron chi connectivity index (χ2n) is 7.04. The van der Waals surface area contributed by atoms with Gasteiger partial charge in [-0.25, -0.2) is 18.1 Å². The Morgan fingerprint density at radius 3 is 2.83 bits per heavy atom. The van der Waals surface area contributed by atoms with E-state index in [4.69, 9.17) is 9.15 Å². The van der Waals surface area contributed by atoms with Crippen LogP contribution in [0.2, 0.25) is 0 Å². The summed E-state index contributed by atoms with van der Waals surface area (Å²) in [5.74, 6) is 1.81. The highest BCUT2D eigenvalue weighted by Crippen LogP contribution is 2.25. The zero-order valence-electron chi connectivity index (χ0n) is 16.2. The molecule has 1 aliphatic heterocycles. The van der Waals surface area contributed by atoms with Gasteiger partial charge in [0, 0.05) is 19.4 Å². The van der Waals surface area contributed by atoms with E-state index in [-0.39, 0.29) is 16.8 Å². The van der Waals surface area contributed by atoms with Gasteiger partial charge in [-0.15, -0.1) is 10.2 Å². The highest BCUT2D eigenvalue weighted by molar-refractivity contribution is 7.89. The van der Waals surface area contributed by atoms with E-state index in [0.29, 0.717) is 53.8 Å². The fourth-order valence-corrected chi connectivity index (χ4v) is 4.53. The molecule has 1 aromatic carbocycles. The van der Waals surface area contributed by atoms with Gasteiger partial charge in [-0.2, -0.15) is 9.67 Å². The van der Waals surface area contributed by atoms with Crippen LogP contribution in [0.5, 0.6) is 0 Å². The van der Waals surface area contributed by atoms with Crippen LogP contribution < -0.4 is 4.72 Å². The van der Waals surface area contributed by atoms with E-state index in [1.165, 1.54) is 10.7 Å². The summed E-state index contributed by atoms with van der Waals surface area (Å²) in [6, 6.07) is 3.17. The molecule has 12 nitrogen and oxygen atoms in total. The number of rotatable bonds is 6. The Balaban J connectivity index is 1.47. The predicted octanol–water partition coefficient (Wildman–Crippen LogP) is 0.735. The quantitative estimate of drug-likeness (QED) is 0.450. The van der Waals surface area contributed by atoms with Crippen molar-refractivity contribution in [2.75, 3.05) is 19.8 Å². The van der Waals surface area contributed by atoms with Crippen LogP contribution >= 0.6 is 0 Å². The lowest BCUT2D eigenvalue weighted by atomic mass is 10.1. The van der Waals surface area contributed by atoms with Gasteiger partial charge in [-0.3, -0.25) is 5.10 Å².